The maximum atomic E-state index is 3.56. The molecule has 0 aromatic rings. The highest BCUT2D eigenvalue weighted by molar-refractivity contribution is 4.97. The highest BCUT2D eigenvalue weighted by atomic mass is 15.1. The molecule has 2 aliphatic heterocycles. The van der Waals surface area contributed by atoms with Crippen LogP contribution in [0.4, 0.5) is 0 Å². The van der Waals surface area contributed by atoms with Crippen molar-refractivity contribution in [1.82, 2.24) is 10.2 Å². The zero-order valence-corrected chi connectivity index (χ0v) is 11.4. The molecular formula is C15H28N2. The van der Waals surface area contributed by atoms with Gasteiger partial charge in [0.25, 0.3) is 0 Å². The zero-order valence-electron chi connectivity index (χ0n) is 11.4. The van der Waals surface area contributed by atoms with E-state index in [-0.39, 0.29) is 0 Å². The molecule has 98 valence electrons. The van der Waals surface area contributed by atoms with Gasteiger partial charge in [-0.15, -0.1) is 0 Å². The van der Waals surface area contributed by atoms with Gasteiger partial charge < -0.3 is 10.2 Å². The van der Waals surface area contributed by atoms with E-state index in [0.29, 0.717) is 0 Å². The van der Waals surface area contributed by atoms with Gasteiger partial charge in [-0.3, -0.25) is 0 Å². The monoisotopic (exact) mass is 236 g/mol. The standard InChI is InChI=1S/C15H28N2/c1-13-5-9-17(12-15(13)6-3-7-15)11-14-4-2-8-16-10-14/h13-14,16H,2-12H2,1H3. The van der Waals surface area contributed by atoms with Crippen molar-refractivity contribution in [2.75, 3.05) is 32.7 Å². The van der Waals surface area contributed by atoms with Crippen molar-refractivity contribution < 1.29 is 0 Å². The average molecular weight is 236 g/mol. The first-order valence-corrected chi connectivity index (χ1v) is 7.72. The Kier molecular flexibility index (Phi) is 3.45. The quantitative estimate of drug-likeness (QED) is 0.792. The molecule has 2 atom stereocenters. The summed E-state index contributed by atoms with van der Waals surface area (Å²) in [7, 11) is 0. The van der Waals surface area contributed by atoms with Crippen molar-refractivity contribution >= 4 is 0 Å². The van der Waals surface area contributed by atoms with Gasteiger partial charge in [0.1, 0.15) is 0 Å². The highest BCUT2D eigenvalue weighted by Gasteiger charge is 2.45. The van der Waals surface area contributed by atoms with Gasteiger partial charge in [-0.1, -0.05) is 13.3 Å². The van der Waals surface area contributed by atoms with Crippen molar-refractivity contribution in [3.05, 3.63) is 0 Å². The average Bonchev–Trinajstić information content (AvgIpc) is 2.31. The minimum Gasteiger partial charge on any atom is -0.316 e. The second-order valence-electron chi connectivity index (χ2n) is 6.85. The van der Waals surface area contributed by atoms with E-state index in [2.05, 4.69) is 17.1 Å². The van der Waals surface area contributed by atoms with E-state index in [0.717, 1.165) is 17.3 Å². The van der Waals surface area contributed by atoms with Crippen LogP contribution < -0.4 is 5.32 Å². The molecule has 0 aromatic carbocycles. The van der Waals surface area contributed by atoms with E-state index in [1.54, 1.807) is 0 Å². The predicted octanol–water partition coefficient (Wildman–Crippen LogP) is 2.50. The summed E-state index contributed by atoms with van der Waals surface area (Å²) in [6, 6.07) is 0. The number of hydrogen-bond donors (Lipinski definition) is 1. The van der Waals surface area contributed by atoms with Crippen molar-refractivity contribution in [2.45, 2.75) is 45.4 Å². The Morgan fingerprint density at radius 2 is 2.12 bits per heavy atom. The highest BCUT2D eigenvalue weighted by Crippen LogP contribution is 2.50. The van der Waals surface area contributed by atoms with E-state index in [1.165, 1.54) is 71.2 Å². The smallest absolute Gasteiger partial charge is 0.00407 e. The number of piperidine rings is 2. The predicted molar refractivity (Wildman–Crippen MR) is 72.1 cm³/mol. The van der Waals surface area contributed by atoms with Crippen LogP contribution in [0.15, 0.2) is 0 Å². The summed E-state index contributed by atoms with van der Waals surface area (Å²) in [4.78, 5) is 2.79. The fourth-order valence-electron chi connectivity index (χ4n) is 4.25. The van der Waals surface area contributed by atoms with Crippen molar-refractivity contribution in [2.24, 2.45) is 17.3 Å². The lowest BCUT2D eigenvalue weighted by Crippen LogP contribution is -2.53. The van der Waals surface area contributed by atoms with Gasteiger partial charge in [0, 0.05) is 13.1 Å². The summed E-state index contributed by atoms with van der Waals surface area (Å²) in [5, 5.41) is 3.56. The van der Waals surface area contributed by atoms with Gasteiger partial charge >= 0.3 is 0 Å². The number of hydrogen-bond acceptors (Lipinski definition) is 2. The van der Waals surface area contributed by atoms with E-state index in [1.807, 2.05) is 0 Å². The molecule has 0 amide bonds. The number of rotatable bonds is 2. The van der Waals surface area contributed by atoms with Crippen LogP contribution in [0, 0.1) is 17.3 Å². The molecule has 3 fully saturated rings. The van der Waals surface area contributed by atoms with Gasteiger partial charge in [0.15, 0.2) is 0 Å². The van der Waals surface area contributed by atoms with Crippen molar-refractivity contribution in [3.63, 3.8) is 0 Å². The lowest BCUT2D eigenvalue weighted by atomic mass is 9.59. The van der Waals surface area contributed by atoms with Crippen LogP contribution in [-0.4, -0.2) is 37.6 Å². The molecule has 3 aliphatic rings. The molecular weight excluding hydrogens is 208 g/mol. The molecule has 1 aliphatic carbocycles. The molecule has 1 spiro atoms. The molecule has 2 saturated heterocycles. The lowest BCUT2D eigenvalue weighted by Gasteiger charge is -2.53. The molecule has 2 heterocycles. The number of nitrogens with one attached hydrogen (secondary N) is 1. The molecule has 0 bridgehead atoms. The number of likely N-dealkylation sites (tertiary alicyclic amines) is 1. The first-order chi connectivity index (χ1) is 8.28. The third-order valence-electron chi connectivity index (χ3n) is 5.73. The van der Waals surface area contributed by atoms with Crippen LogP contribution in [0.3, 0.4) is 0 Å². The minimum absolute atomic E-state index is 0.736. The normalized spacial score (nSPS) is 37.9. The molecule has 0 aromatic heterocycles. The summed E-state index contributed by atoms with van der Waals surface area (Å²) >= 11 is 0. The van der Waals surface area contributed by atoms with Gasteiger partial charge in [0.2, 0.25) is 0 Å². The van der Waals surface area contributed by atoms with Crippen molar-refractivity contribution in [1.29, 1.82) is 0 Å². The van der Waals surface area contributed by atoms with Crippen LogP contribution in [0.5, 0.6) is 0 Å². The summed E-state index contributed by atoms with van der Waals surface area (Å²) in [5.74, 6) is 1.91. The van der Waals surface area contributed by atoms with Crippen LogP contribution in [0.1, 0.15) is 45.4 Å². The fraction of sp³-hybridized carbons (Fsp3) is 1.00. The molecule has 3 rings (SSSR count). The van der Waals surface area contributed by atoms with Gasteiger partial charge in [-0.2, -0.15) is 0 Å². The molecule has 17 heavy (non-hydrogen) atoms. The largest absolute Gasteiger partial charge is 0.316 e. The van der Waals surface area contributed by atoms with Gasteiger partial charge in [0.05, 0.1) is 0 Å². The second-order valence-corrected chi connectivity index (χ2v) is 6.85. The third kappa shape index (κ3) is 2.39. The van der Waals surface area contributed by atoms with Crippen LogP contribution in [-0.2, 0) is 0 Å². The Bertz CT molecular complexity index is 254. The van der Waals surface area contributed by atoms with Crippen molar-refractivity contribution in [3.8, 4) is 0 Å². The fourth-order valence-corrected chi connectivity index (χ4v) is 4.25. The Morgan fingerprint density at radius 1 is 1.24 bits per heavy atom. The zero-order chi connectivity index (χ0) is 11.7. The Balaban J connectivity index is 1.53. The SMILES string of the molecule is CC1CCN(CC2CCCNC2)CC12CCC2. The molecule has 0 radical (unpaired) electrons. The van der Waals surface area contributed by atoms with E-state index >= 15 is 0 Å². The van der Waals surface area contributed by atoms with Crippen LogP contribution in [0.2, 0.25) is 0 Å². The van der Waals surface area contributed by atoms with Crippen LogP contribution in [0.25, 0.3) is 0 Å². The topological polar surface area (TPSA) is 15.3 Å². The first-order valence-electron chi connectivity index (χ1n) is 7.72. The molecule has 1 saturated carbocycles. The number of nitrogens with zero attached hydrogens (tertiary/aromatic N) is 1. The van der Waals surface area contributed by atoms with E-state index in [4.69, 9.17) is 0 Å². The maximum Gasteiger partial charge on any atom is 0.00407 e. The van der Waals surface area contributed by atoms with Gasteiger partial charge in [-0.25, -0.2) is 0 Å². The summed E-state index contributed by atoms with van der Waals surface area (Å²) in [5.41, 5.74) is 0.736. The Morgan fingerprint density at radius 3 is 2.76 bits per heavy atom. The Labute approximate surface area is 106 Å². The summed E-state index contributed by atoms with van der Waals surface area (Å²) in [6.07, 6.45) is 8.79. The van der Waals surface area contributed by atoms with E-state index < -0.39 is 0 Å². The molecule has 2 unspecified atom stereocenters. The third-order valence-corrected chi connectivity index (χ3v) is 5.73. The van der Waals surface area contributed by atoms with Gasteiger partial charge in [-0.05, 0) is 69.0 Å². The summed E-state index contributed by atoms with van der Waals surface area (Å²) < 4.78 is 0. The molecule has 1 N–H and O–H groups in total. The summed E-state index contributed by atoms with van der Waals surface area (Å²) in [6.45, 7) is 9.14. The van der Waals surface area contributed by atoms with Crippen LogP contribution >= 0.6 is 0 Å². The second kappa shape index (κ2) is 4.89. The first kappa shape index (κ1) is 12.0. The molecule has 2 heteroatoms. The molecule has 2 nitrogen and oxygen atoms in total. The lowest BCUT2D eigenvalue weighted by molar-refractivity contribution is -0.0338. The maximum absolute atomic E-state index is 3.56. The minimum atomic E-state index is 0.736. The Hall–Kier alpha value is -0.0800. The van der Waals surface area contributed by atoms with E-state index in [9.17, 15) is 0 Å².